The Morgan fingerprint density at radius 2 is 1.03 bits per heavy atom. The summed E-state index contributed by atoms with van der Waals surface area (Å²) < 4.78 is 38.3. The molecule has 1 fully saturated rings. The van der Waals surface area contributed by atoms with Crippen molar-refractivity contribution in [1.29, 1.82) is 0 Å². The average Bonchev–Trinajstić information content (AvgIpc) is 3.99. The van der Waals surface area contributed by atoms with Crippen molar-refractivity contribution in [2.75, 3.05) is 19.8 Å². The first-order valence-corrected chi connectivity index (χ1v) is 23.9. The Bertz CT molecular complexity index is 1460. The van der Waals surface area contributed by atoms with E-state index in [1.54, 1.807) is 0 Å². The molecule has 13 heteroatoms. The van der Waals surface area contributed by atoms with Crippen LogP contribution in [-0.2, 0) is 42.2 Å². The van der Waals surface area contributed by atoms with E-state index in [0.717, 1.165) is 51.4 Å². The number of ether oxygens (including phenoxy) is 3. The van der Waals surface area contributed by atoms with E-state index in [-0.39, 0.29) is 12.8 Å². The van der Waals surface area contributed by atoms with Gasteiger partial charge in [-0.25, -0.2) is 4.57 Å². The van der Waals surface area contributed by atoms with Crippen molar-refractivity contribution in [2.45, 2.75) is 167 Å². The highest BCUT2D eigenvalue weighted by Gasteiger charge is 2.36. The van der Waals surface area contributed by atoms with Crippen LogP contribution < -0.4 is 5.73 Å². The SMILES string of the molecule is CCCCC/C=C\C/C=C\C/C=C\C/C=C\C/C=C\CCC(=O)O[C@H](COC(=O)CCC/C=C\C/C=C\CC1OC1C/C=C\CCCCC)COP(=O)(O)OC[C@H](N)C(=O)O. The molecule has 1 saturated heterocycles. The molecular formula is C48H76NO11P. The fourth-order valence-corrected chi connectivity index (χ4v) is 6.33. The molecule has 0 bridgehead atoms. The largest absolute Gasteiger partial charge is 0.480 e. The van der Waals surface area contributed by atoms with Crippen molar-refractivity contribution >= 4 is 25.7 Å². The lowest BCUT2D eigenvalue weighted by molar-refractivity contribution is -0.161. The quantitative estimate of drug-likeness (QED) is 0.0175. The maximum absolute atomic E-state index is 12.6. The Hall–Kier alpha value is -3.64. The maximum atomic E-state index is 12.6. The molecule has 0 saturated carbocycles. The molecule has 0 aromatic carbocycles. The van der Waals surface area contributed by atoms with Gasteiger partial charge in [0.25, 0.3) is 0 Å². The van der Waals surface area contributed by atoms with Gasteiger partial charge in [-0.1, -0.05) is 137 Å². The van der Waals surface area contributed by atoms with Crippen LogP contribution in [0.4, 0.5) is 0 Å². The molecule has 12 nitrogen and oxygen atoms in total. The second kappa shape index (κ2) is 38.1. The summed E-state index contributed by atoms with van der Waals surface area (Å²) in [6, 6.07) is -1.55. The Kier molecular flexibility index (Phi) is 34.6. The molecule has 3 unspecified atom stereocenters. The fraction of sp³-hybridized carbons (Fsp3) is 0.604. The normalized spacial score (nSPS) is 17.9. The third-order valence-electron chi connectivity index (χ3n) is 9.22. The number of allylic oxidation sites excluding steroid dienone is 14. The van der Waals surface area contributed by atoms with E-state index in [1.165, 1.54) is 38.5 Å². The summed E-state index contributed by atoms with van der Waals surface area (Å²) in [5.74, 6) is -2.58. The average molecular weight is 874 g/mol. The number of carbonyl (C=O) groups excluding carboxylic acids is 2. The van der Waals surface area contributed by atoms with Crippen molar-refractivity contribution in [3.05, 3.63) is 97.2 Å². The first-order valence-electron chi connectivity index (χ1n) is 22.4. The highest BCUT2D eigenvalue weighted by molar-refractivity contribution is 7.47. The molecule has 1 rings (SSSR count). The summed E-state index contributed by atoms with van der Waals surface area (Å²) in [4.78, 5) is 46.0. The van der Waals surface area contributed by atoms with Crippen molar-refractivity contribution in [2.24, 2.45) is 5.73 Å². The number of esters is 2. The zero-order valence-corrected chi connectivity index (χ0v) is 37.8. The van der Waals surface area contributed by atoms with Crippen LogP contribution in [0.15, 0.2) is 97.2 Å². The number of hydrogen-bond donors (Lipinski definition) is 3. The third kappa shape index (κ3) is 35.6. The molecular weight excluding hydrogens is 797 g/mol. The highest BCUT2D eigenvalue weighted by Crippen LogP contribution is 2.43. The van der Waals surface area contributed by atoms with Crippen molar-refractivity contribution in [3.8, 4) is 0 Å². The van der Waals surface area contributed by atoms with Gasteiger partial charge in [-0.3, -0.25) is 23.4 Å². The number of carbonyl (C=O) groups is 3. The Labute approximate surface area is 366 Å². The van der Waals surface area contributed by atoms with Gasteiger partial charge in [0, 0.05) is 12.8 Å². The number of unbranched alkanes of at least 4 members (excludes halogenated alkanes) is 7. The van der Waals surface area contributed by atoms with Gasteiger partial charge in [0.1, 0.15) is 12.6 Å². The smallest absolute Gasteiger partial charge is 0.472 e. The van der Waals surface area contributed by atoms with E-state index >= 15 is 0 Å². The molecule has 344 valence electrons. The lowest BCUT2D eigenvalue weighted by Gasteiger charge is -2.20. The number of epoxide rings is 1. The Balaban J connectivity index is 2.38. The predicted molar refractivity (Wildman–Crippen MR) is 244 cm³/mol. The monoisotopic (exact) mass is 874 g/mol. The molecule has 1 heterocycles. The summed E-state index contributed by atoms with van der Waals surface area (Å²) in [5.41, 5.74) is 5.33. The van der Waals surface area contributed by atoms with Crippen LogP contribution in [0, 0.1) is 0 Å². The molecule has 0 aliphatic carbocycles. The lowest BCUT2D eigenvalue weighted by Crippen LogP contribution is -2.34. The number of hydrogen-bond acceptors (Lipinski definition) is 10. The zero-order chi connectivity index (χ0) is 44.7. The minimum absolute atomic E-state index is 0.0174. The molecule has 5 atom stereocenters. The van der Waals surface area contributed by atoms with E-state index in [4.69, 9.17) is 29.6 Å². The standard InChI is InChI=1S/C48H76NO11P/c1-3-5-7-9-11-12-13-14-15-16-17-18-19-20-21-22-25-30-34-38-47(51)59-42(40-57-61(54,55)58-41-43(49)48(52)53)39-56-46(50)37-33-29-26-23-24-28-32-36-45-44(60-45)35-31-27-10-8-6-4-2/h11-12,14-15,17-18,20-21,23,25-28,30-32,42-45H,3-10,13,16,19,22,24,29,33-41,49H2,1-2H3,(H,52,53)(H,54,55)/b12-11-,15-14-,18-17-,21-20-,26-23-,30-25-,31-27-,32-28-/t42-,43+,44?,45?/m1/s1. The Morgan fingerprint density at radius 3 is 1.56 bits per heavy atom. The van der Waals surface area contributed by atoms with E-state index in [2.05, 4.69) is 85.2 Å². The van der Waals surface area contributed by atoms with Crippen LogP contribution in [0.3, 0.4) is 0 Å². The minimum Gasteiger partial charge on any atom is -0.480 e. The van der Waals surface area contributed by atoms with Crippen LogP contribution in [0.5, 0.6) is 0 Å². The van der Waals surface area contributed by atoms with E-state index in [0.29, 0.717) is 37.9 Å². The fourth-order valence-electron chi connectivity index (χ4n) is 5.55. The van der Waals surface area contributed by atoms with Gasteiger partial charge in [-0.05, 0) is 89.9 Å². The number of phosphoric ester groups is 1. The van der Waals surface area contributed by atoms with E-state index in [9.17, 15) is 23.8 Å². The molecule has 0 aromatic rings. The van der Waals surface area contributed by atoms with Crippen molar-refractivity contribution in [1.82, 2.24) is 0 Å². The van der Waals surface area contributed by atoms with Crippen LogP contribution in [0.2, 0.25) is 0 Å². The number of carboxylic acids is 1. The maximum Gasteiger partial charge on any atom is 0.472 e. The van der Waals surface area contributed by atoms with Gasteiger partial charge in [0.15, 0.2) is 6.10 Å². The second-order valence-corrected chi connectivity index (χ2v) is 16.3. The molecule has 1 aliphatic heterocycles. The van der Waals surface area contributed by atoms with E-state index in [1.807, 2.05) is 30.4 Å². The summed E-state index contributed by atoms with van der Waals surface area (Å²) in [7, 11) is -4.76. The molecule has 0 spiro atoms. The predicted octanol–water partition coefficient (Wildman–Crippen LogP) is 11.0. The molecule has 1 aliphatic rings. The molecule has 0 radical (unpaired) electrons. The minimum atomic E-state index is -4.76. The van der Waals surface area contributed by atoms with Crippen LogP contribution >= 0.6 is 7.82 Å². The molecule has 0 amide bonds. The highest BCUT2D eigenvalue weighted by atomic mass is 31.2. The van der Waals surface area contributed by atoms with Gasteiger partial charge < -0.3 is 29.9 Å². The molecule has 4 N–H and O–H groups in total. The Morgan fingerprint density at radius 1 is 0.590 bits per heavy atom. The number of nitrogens with two attached hydrogens (primary N) is 1. The summed E-state index contributed by atoms with van der Waals surface area (Å²) in [5, 5.41) is 8.90. The number of rotatable bonds is 39. The van der Waals surface area contributed by atoms with Crippen molar-refractivity contribution in [3.63, 3.8) is 0 Å². The van der Waals surface area contributed by atoms with Gasteiger partial charge in [-0.15, -0.1) is 0 Å². The van der Waals surface area contributed by atoms with Gasteiger partial charge in [0.05, 0.1) is 25.4 Å². The third-order valence-corrected chi connectivity index (χ3v) is 10.2. The first kappa shape index (κ1) is 55.4. The van der Waals surface area contributed by atoms with Crippen LogP contribution in [-0.4, -0.2) is 72.1 Å². The zero-order valence-electron chi connectivity index (χ0n) is 36.9. The van der Waals surface area contributed by atoms with Gasteiger partial charge in [0.2, 0.25) is 0 Å². The van der Waals surface area contributed by atoms with Gasteiger partial charge in [-0.2, -0.15) is 0 Å². The van der Waals surface area contributed by atoms with E-state index < -0.39 is 57.7 Å². The summed E-state index contributed by atoms with van der Waals surface area (Å²) in [6.07, 6.45) is 50.9. The van der Waals surface area contributed by atoms with Crippen molar-refractivity contribution < 1.29 is 52.2 Å². The second-order valence-electron chi connectivity index (χ2n) is 14.9. The number of aliphatic carboxylic acids is 1. The van der Waals surface area contributed by atoms with Gasteiger partial charge >= 0.3 is 25.7 Å². The summed E-state index contributed by atoms with van der Waals surface area (Å²) in [6.45, 7) is 2.58. The number of carboxylic acid groups (broad SMARTS) is 1. The first-order chi connectivity index (χ1) is 29.6. The number of phosphoric acid groups is 1. The topological polar surface area (TPSA) is 184 Å². The summed E-state index contributed by atoms with van der Waals surface area (Å²) >= 11 is 0. The molecule has 0 aromatic heterocycles. The van der Waals surface area contributed by atoms with Crippen LogP contribution in [0.25, 0.3) is 0 Å². The molecule has 61 heavy (non-hydrogen) atoms. The lowest BCUT2D eigenvalue weighted by atomic mass is 10.1. The van der Waals surface area contributed by atoms with Crippen LogP contribution in [0.1, 0.15) is 142 Å².